The molecule has 88 valence electrons. The molecular weight excluding hydrogens is 295 g/mol. The van der Waals surface area contributed by atoms with Crippen molar-refractivity contribution in [3.63, 3.8) is 0 Å². The van der Waals surface area contributed by atoms with E-state index in [-0.39, 0.29) is 16.8 Å². The van der Waals surface area contributed by atoms with Gasteiger partial charge in [0.15, 0.2) is 0 Å². The molecule has 0 saturated carbocycles. The van der Waals surface area contributed by atoms with E-state index < -0.39 is 17.5 Å². The lowest BCUT2D eigenvalue weighted by Crippen LogP contribution is -1.98. The number of hydrogen-bond donors (Lipinski definition) is 1. The van der Waals surface area contributed by atoms with Gasteiger partial charge in [-0.1, -0.05) is 22.0 Å². The maximum Gasteiger partial charge on any atom is 0.147 e. The Morgan fingerprint density at radius 1 is 0.941 bits per heavy atom. The fourth-order valence-electron chi connectivity index (χ4n) is 1.55. The van der Waals surface area contributed by atoms with Gasteiger partial charge in [0.2, 0.25) is 0 Å². The Bertz CT molecular complexity index is 564. The molecule has 2 aromatic rings. The van der Waals surface area contributed by atoms with Crippen LogP contribution in [0.15, 0.2) is 34.8 Å². The number of hydrogen-bond acceptors (Lipinski definition) is 1. The van der Waals surface area contributed by atoms with E-state index in [0.717, 1.165) is 18.2 Å². The minimum atomic E-state index is -0.783. The molecule has 0 heterocycles. The average molecular weight is 302 g/mol. The Labute approximate surface area is 104 Å². The molecule has 0 bridgehead atoms. The van der Waals surface area contributed by atoms with E-state index in [2.05, 4.69) is 15.9 Å². The molecule has 1 nitrogen and oxygen atoms in total. The van der Waals surface area contributed by atoms with Crippen molar-refractivity contribution in [1.82, 2.24) is 0 Å². The number of nitrogens with two attached hydrogens (primary N) is 1. The first-order valence-electron chi connectivity index (χ1n) is 4.69. The van der Waals surface area contributed by atoms with Crippen molar-refractivity contribution in [3.05, 3.63) is 52.3 Å². The predicted molar refractivity (Wildman–Crippen MR) is 63.9 cm³/mol. The largest absolute Gasteiger partial charge is 0.396 e. The first kappa shape index (κ1) is 12.0. The highest BCUT2D eigenvalue weighted by atomic mass is 79.9. The highest BCUT2D eigenvalue weighted by Gasteiger charge is 2.16. The van der Waals surface area contributed by atoms with Gasteiger partial charge in [-0.25, -0.2) is 13.2 Å². The van der Waals surface area contributed by atoms with Crippen LogP contribution in [-0.4, -0.2) is 0 Å². The molecule has 0 atom stereocenters. The van der Waals surface area contributed by atoms with Crippen molar-refractivity contribution >= 4 is 21.6 Å². The highest BCUT2D eigenvalue weighted by Crippen LogP contribution is 2.34. The molecular formula is C12H7BrF3N. The van der Waals surface area contributed by atoms with Gasteiger partial charge in [0.05, 0.1) is 11.3 Å². The molecule has 0 fully saturated rings. The first-order chi connectivity index (χ1) is 8.00. The SMILES string of the molecule is Nc1c(F)cc(Br)cc1-c1c(F)cccc1F. The average Bonchev–Trinajstić information content (AvgIpc) is 2.24. The van der Waals surface area contributed by atoms with Crippen molar-refractivity contribution < 1.29 is 13.2 Å². The summed E-state index contributed by atoms with van der Waals surface area (Å²) >= 11 is 3.05. The molecule has 0 unspecified atom stereocenters. The summed E-state index contributed by atoms with van der Waals surface area (Å²) in [5, 5.41) is 0. The van der Waals surface area contributed by atoms with Crippen LogP contribution < -0.4 is 5.73 Å². The summed E-state index contributed by atoms with van der Waals surface area (Å²) in [6, 6.07) is 5.93. The van der Waals surface area contributed by atoms with Gasteiger partial charge in [-0.3, -0.25) is 0 Å². The standard InChI is InChI=1S/C12H7BrF3N/c13-6-4-7(12(17)10(16)5-6)11-8(14)2-1-3-9(11)15/h1-5H,17H2. The van der Waals surface area contributed by atoms with E-state index in [1.165, 1.54) is 12.1 Å². The summed E-state index contributed by atoms with van der Waals surface area (Å²) < 4.78 is 40.8. The van der Waals surface area contributed by atoms with Gasteiger partial charge in [0, 0.05) is 10.0 Å². The lowest BCUT2D eigenvalue weighted by molar-refractivity contribution is 0.589. The molecule has 2 rings (SSSR count). The monoisotopic (exact) mass is 301 g/mol. The second-order valence-electron chi connectivity index (χ2n) is 3.45. The van der Waals surface area contributed by atoms with Gasteiger partial charge in [-0.2, -0.15) is 0 Å². The van der Waals surface area contributed by atoms with Gasteiger partial charge < -0.3 is 5.73 Å². The van der Waals surface area contributed by atoms with Crippen LogP contribution >= 0.6 is 15.9 Å². The number of anilines is 1. The Hall–Kier alpha value is -1.49. The smallest absolute Gasteiger partial charge is 0.147 e. The van der Waals surface area contributed by atoms with Gasteiger partial charge in [0.1, 0.15) is 17.5 Å². The maximum atomic E-state index is 13.5. The van der Waals surface area contributed by atoms with Gasteiger partial charge >= 0.3 is 0 Å². The van der Waals surface area contributed by atoms with Crippen molar-refractivity contribution in [2.75, 3.05) is 5.73 Å². The van der Waals surface area contributed by atoms with Crippen LogP contribution in [0, 0.1) is 17.5 Å². The zero-order valence-corrected chi connectivity index (χ0v) is 10.1. The summed E-state index contributed by atoms with van der Waals surface area (Å²) in [6.07, 6.45) is 0. The van der Waals surface area contributed by atoms with Crippen LogP contribution in [0.25, 0.3) is 11.1 Å². The Morgan fingerprint density at radius 2 is 1.53 bits per heavy atom. The molecule has 2 N–H and O–H groups in total. The number of nitrogen functional groups attached to an aromatic ring is 1. The van der Waals surface area contributed by atoms with Crippen LogP contribution in [-0.2, 0) is 0 Å². The fourth-order valence-corrected chi connectivity index (χ4v) is 1.98. The van der Waals surface area contributed by atoms with Crippen LogP contribution in [0.5, 0.6) is 0 Å². The highest BCUT2D eigenvalue weighted by molar-refractivity contribution is 9.10. The Balaban J connectivity index is 2.77. The van der Waals surface area contributed by atoms with E-state index >= 15 is 0 Å². The fraction of sp³-hybridized carbons (Fsp3) is 0. The second kappa shape index (κ2) is 4.41. The molecule has 2 aromatic carbocycles. The van der Waals surface area contributed by atoms with E-state index in [4.69, 9.17) is 5.73 Å². The summed E-state index contributed by atoms with van der Waals surface area (Å²) in [5.74, 6) is -2.29. The molecule has 0 aliphatic rings. The minimum Gasteiger partial charge on any atom is -0.396 e. The summed E-state index contributed by atoms with van der Waals surface area (Å²) in [4.78, 5) is 0. The van der Waals surface area contributed by atoms with E-state index in [0.29, 0.717) is 4.47 Å². The van der Waals surface area contributed by atoms with Crippen molar-refractivity contribution in [3.8, 4) is 11.1 Å². The molecule has 0 radical (unpaired) electrons. The molecule has 0 spiro atoms. The topological polar surface area (TPSA) is 26.0 Å². The summed E-state index contributed by atoms with van der Waals surface area (Å²) in [7, 11) is 0. The third-order valence-electron chi connectivity index (χ3n) is 2.33. The lowest BCUT2D eigenvalue weighted by atomic mass is 10.0. The van der Waals surface area contributed by atoms with E-state index in [9.17, 15) is 13.2 Å². The van der Waals surface area contributed by atoms with Crippen LogP contribution in [0.1, 0.15) is 0 Å². The summed E-state index contributed by atoms with van der Waals surface area (Å²) in [5.41, 5.74) is 4.88. The van der Waals surface area contributed by atoms with Crippen molar-refractivity contribution in [2.45, 2.75) is 0 Å². The van der Waals surface area contributed by atoms with Crippen molar-refractivity contribution in [1.29, 1.82) is 0 Å². The van der Waals surface area contributed by atoms with Crippen LogP contribution in [0.3, 0.4) is 0 Å². The zero-order valence-electron chi connectivity index (χ0n) is 8.48. The maximum absolute atomic E-state index is 13.5. The minimum absolute atomic E-state index is 0.00697. The lowest BCUT2D eigenvalue weighted by Gasteiger charge is -2.09. The number of rotatable bonds is 1. The van der Waals surface area contributed by atoms with Gasteiger partial charge in [-0.15, -0.1) is 0 Å². The molecule has 0 amide bonds. The van der Waals surface area contributed by atoms with Gasteiger partial charge in [-0.05, 0) is 24.3 Å². The molecule has 0 aliphatic heterocycles. The molecule has 0 saturated heterocycles. The predicted octanol–water partition coefficient (Wildman–Crippen LogP) is 4.12. The Morgan fingerprint density at radius 3 is 2.12 bits per heavy atom. The molecule has 5 heteroatoms. The number of halogens is 4. The van der Waals surface area contributed by atoms with Crippen LogP contribution in [0.4, 0.5) is 18.9 Å². The summed E-state index contributed by atoms with van der Waals surface area (Å²) in [6.45, 7) is 0. The van der Waals surface area contributed by atoms with Gasteiger partial charge in [0.25, 0.3) is 0 Å². The molecule has 0 aliphatic carbocycles. The third kappa shape index (κ3) is 2.15. The first-order valence-corrected chi connectivity index (χ1v) is 5.49. The third-order valence-corrected chi connectivity index (χ3v) is 2.78. The van der Waals surface area contributed by atoms with E-state index in [1.54, 1.807) is 0 Å². The number of benzene rings is 2. The molecule has 0 aromatic heterocycles. The van der Waals surface area contributed by atoms with Crippen LogP contribution in [0.2, 0.25) is 0 Å². The normalized spacial score (nSPS) is 10.6. The van der Waals surface area contributed by atoms with E-state index in [1.807, 2.05) is 0 Å². The Kier molecular flexibility index (Phi) is 3.11. The zero-order chi connectivity index (χ0) is 12.6. The second-order valence-corrected chi connectivity index (χ2v) is 4.36. The molecule has 17 heavy (non-hydrogen) atoms. The van der Waals surface area contributed by atoms with Crippen molar-refractivity contribution in [2.24, 2.45) is 0 Å². The quantitative estimate of drug-likeness (QED) is 0.788.